The number of ether oxygens (including phenoxy) is 1. The van der Waals surface area contributed by atoms with Crippen LogP contribution in [0.5, 0.6) is 11.5 Å². The van der Waals surface area contributed by atoms with Crippen molar-refractivity contribution in [3.8, 4) is 11.5 Å². The molecule has 0 aliphatic heterocycles. The van der Waals surface area contributed by atoms with Gasteiger partial charge >= 0.3 is 5.97 Å². The van der Waals surface area contributed by atoms with Gasteiger partial charge in [-0.2, -0.15) is 0 Å². The van der Waals surface area contributed by atoms with E-state index in [9.17, 15) is 49.2 Å². The van der Waals surface area contributed by atoms with Crippen molar-refractivity contribution in [3.05, 3.63) is 59.7 Å². The van der Waals surface area contributed by atoms with Crippen molar-refractivity contribution >= 4 is 46.5 Å². The van der Waals surface area contributed by atoms with Gasteiger partial charge in [-0.05, 0) is 35.4 Å². The summed E-state index contributed by atoms with van der Waals surface area (Å²) in [5.74, 6) is -3.65. The number of nitrogens with two attached hydrogens (primary N) is 1. The number of benzene rings is 2. The number of carbonyl (C=O) groups is 6. The first-order valence-electron chi connectivity index (χ1n) is 15.1. The first-order chi connectivity index (χ1) is 23.0. The Kier molecular flexibility index (Phi) is 16.0. The number of nitrogens with one attached hydrogen (secondary N) is 4. The lowest BCUT2D eigenvalue weighted by atomic mass is 9.87. The maximum absolute atomic E-state index is 13.4. The predicted octanol–water partition coefficient (Wildman–Crippen LogP) is -0.735. The van der Waals surface area contributed by atoms with Crippen LogP contribution in [0.25, 0.3) is 0 Å². The molecule has 0 aromatic heterocycles. The zero-order valence-corrected chi connectivity index (χ0v) is 28.1. The van der Waals surface area contributed by atoms with Crippen LogP contribution in [-0.4, -0.2) is 99.3 Å². The fourth-order valence-corrected chi connectivity index (χ4v) is 4.78. The second-order valence-electron chi connectivity index (χ2n) is 11.6. The lowest BCUT2D eigenvalue weighted by Crippen LogP contribution is -2.53. The minimum absolute atomic E-state index is 0.0415. The topological polar surface area (TPSA) is 267 Å². The molecule has 0 spiro atoms. The van der Waals surface area contributed by atoms with Gasteiger partial charge in [-0.25, -0.2) is 0 Å². The van der Waals surface area contributed by atoms with Crippen molar-refractivity contribution in [2.75, 3.05) is 32.1 Å². The number of aliphatic hydroxyl groups is 2. The molecule has 268 valence electrons. The van der Waals surface area contributed by atoms with Crippen molar-refractivity contribution in [3.63, 3.8) is 0 Å². The summed E-state index contributed by atoms with van der Waals surface area (Å²) in [7, 11) is 0. The lowest BCUT2D eigenvalue weighted by molar-refractivity contribution is -0.144. The minimum Gasteiger partial charge on any atom is -0.508 e. The monoisotopic (exact) mass is 705 g/mol. The Balaban J connectivity index is 2.03. The summed E-state index contributed by atoms with van der Waals surface area (Å²) in [4.78, 5) is 75.5. The Morgan fingerprint density at radius 1 is 0.837 bits per heavy atom. The molecule has 0 heterocycles. The standard InChI is InChI=1S/C32H43N5O11S/c1-18(39)48-16-23(36-29(45)25(33)19-4-8-21(40)9-5-19)28(44)37-26(20-6-10-22(41)11-7-20)31(47)49-15-14-34-24(42)12-13-35-30(46)27(43)32(2,3)17-38/h4-11,23,25-27,38,40-41,43H,12-17,33H2,1-3H3,(H,34,42)(H,35,46)(H,36,45)(H,37,44)/t23-,25+,26-,27-/m0/s1. The largest absolute Gasteiger partial charge is 0.508 e. The van der Waals surface area contributed by atoms with Crippen molar-refractivity contribution in [2.45, 2.75) is 51.4 Å². The van der Waals surface area contributed by atoms with Gasteiger partial charge in [-0.3, -0.25) is 28.8 Å². The molecule has 4 atom stereocenters. The van der Waals surface area contributed by atoms with Crippen molar-refractivity contribution in [1.82, 2.24) is 21.3 Å². The fourth-order valence-electron chi connectivity index (χ4n) is 4.02. The summed E-state index contributed by atoms with van der Waals surface area (Å²) in [6.45, 7) is 3.10. The van der Waals surface area contributed by atoms with Crippen molar-refractivity contribution in [2.24, 2.45) is 11.1 Å². The van der Waals surface area contributed by atoms with Crippen LogP contribution in [0.4, 0.5) is 0 Å². The first kappa shape index (κ1) is 40.5. The van der Waals surface area contributed by atoms with Crippen LogP contribution < -0.4 is 27.0 Å². The van der Waals surface area contributed by atoms with Crippen LogP contribution in [0.1, 0.15) is 50.4 Å². The molecule has 17 heteroatoms. The molecule has 0 saturated carbocycles. The Morgan fingerprint density at radius 2 is 1.41 bits per heavy atom. The molecule has 10 N–H and O–H groups in total. The molecular weight excluding hydrogens is 662 g/mol. The molecule has 4 amide bonds. The summed E-state index contributed by atoms with van der Waals surface area (Å²) < 4.78 is 4.97. The van der Waals surface area contributed by atoms with Crippen LogP contribution in [-0.2, 0) is 33.5 Å². The molecule has 0 saturated heterocycles. The summed E-state index contributed by atoms with van der Waals surface area (Å²) in [5.41, 5.74) is 5.58. The van der Waals surface area contributed by atoms with E-state index in [2.05, 4.69) is 21.3 Å². The first-order valence-corrected chi connectivity index (χ1v) is 16.1. The van der Waals surface area contributed by atoms with E-state index in [4.69, 9.17) is 10.5 Å². The minimum atomic E-state index is -1.47. The van der Waals surface area contributed by atoms with Gasteiger partial charge in [0.2, 0.25) is 28.7 Å². The van der Waals surface area contributed by atoms with Crippen LogP contribution in [0.3, 0.4) is 0 Å². The number of hydrogen-bond acceptors (Lipinski definition) is 13. The van der Waals surface area contributed by atoms with Crippen molar-refractivity contribution in [1.29, 1.82) is 0 Å². The second kappa shape index (κ2) is 19.3. The fraction of sp³-hybridized carbons (Fsp3) is 0.438. The number of amides is 4. The van der Waals surface area contributed by atoms with E-state index in [0.29, 0.717) is 5.56 Å². The highest BCUT2D eigenvalue weighted by Crippen LogP contribution is 2.23. The third kappa shape index (κ3) is 13.4. The normalized spacial score (nSPS) is 13.6. The SMILES string of the molecule is CC(=O)OC[C@H](NC(=O)[C@H](N)c1ccc(O)cc1)C(=O)N[C@H](C(=O)SCCNC(=O)CCNC(=O)[C@H](O)C(C)(C)CO)c1ccc(O)cc1. The van der Waals surface area contributed by atoms with Gasteiger partial charge in [-0.15, -0.1) is 0 Å². The molecule has 2 rings (SSSR count). The van der Waals surface area contributed by atoms with Crippen LogP contribution in [0, 0.1) is 5.41 Å². The van der Waals surface area contributed by atoms with E-state index in [-0.39, 0.29) is 42.3 Å². The Labute approximate surface area is 287 Å². The highest BCUT2D eigenvalue weighted by Gasteiger charge is 2.33. The van der Waals surface area contributed by atoms with Gasteiger partial charge in [0.15, 0.2) is 0 Å². The smallest absolute Gasteiger partial charge is 0.302 e. The summed E-state index contributed by atoms with van der Waals surface area (Å²) in [6.07, 6.45) is -1.59. The number of esters is 1. The highest BCUT2D eigenvalue weighted by molar-refractivity contribution is 8.13. The number of thioether (sulfide) groups is 1. The van der Waals surface area contributed by atoms with Gasteiger partial charge in [0.1, 0.15) is 42.3 Å². The average Bonchev–Trinajstić information content (AvgIpc) is 3.07. The molecule has 2 aromatic rings. The maximum Gasteiger partial charge on any atom is 0.302 e. The van der Waals surface area contributed by atoms with Gasteiger partial charge in [0, 0.05) is 37.6 Å². The van der Waals surface area contributed by atoms with Crippen LogP contribution in [0.2, 0.25) is 0 Å². The van der Waals surface area contributed by atoms with E-state index in [1.165, 1.54) is 62.4 Å². The molecular formula is C32H43N5O11S. The number of phenolic OH excluding ortho intramolecular Hbond substituents is 2. The molecule has 0 radical (unpaired) electrons. The summed E-state index contributed by atoms with van der Waals surface area (Å²) in [6, 6.07) is 6.93. The second-order valence-corrected chi connectivity index (χ2v) is 12.7. The zero-order chi connectivity index (χ0) is 36.7. The third-order valence-corrected chi connectivity index (χ3v) is 8.01. The predicted molar refractivity (Wildman–Crippen MR) is 178 cm³/mol. The quantitative estimate of drug-likeness (QED) is 0.0685. The number of aromatic hydroxyl groups is 2. The number of rotatable bonds is 18. The van der Waals surface area contributed by atoms with E-state index in [1.54, 1.807) is 0 Å². The summed E-state index contributed by atoms with van der Waals surface area (Å²) in [5, 5.41) is 48.0. The van der Waals surface area contributed by atoms with E-state index >= 15 is 0 Å². The molecule has 49 heavy (non-hydrogen) atoms. The Hall–Kier alpha value is -4.71. The Bertz CT molecular complexity index is 1450. The van der Waals surface area contributed by atoms with Crippen LogP contribution in [0.15, 0.2) is 48.5 Å². The number of aliphatic hydroxyl groups excluding tert-OH is 2. The third-order valence-electron chi connectivity index (χ3n) is 7.09. The zero-order valence-electron chi connectivity index (χ0n) is 27.3. The molecule has 0 aliphatic carbocycles. The van der Waals surface area contributed by atoms with Gasteiger partial charge in [0.05, 0.1) is 6.61 Å². The van der Waals surface area contributed by atoms with E-state index in [1.807, 2.05) is 0 Å². The summed E-state index contributed by atoms with van der Waals surface area (Å²) >= 11 is 0.782. The Morgan fingerprint density at radius 3 is 1.96 bits per heavy atom. The number of carbonyl (C=O) groups excluding carboxylic acids is 6. The van der Waals surface area contributed by atoms with Crippen molar-refractivity contribution < 1.29 is 53.9 Å². The molecule has 2 aromatic carbocycles. The molecule has 0 aliphatic rings. The number of phenols is 2. The highest BCUT2D eigenvalue weighted by atomic mass is 32.2. The maximum atomic E-state index is 13.4. The van der Waals surface area contributed by atoms with E-state index < -0.39 is 77.6 Å². The number of hydrogen-bond donors (Lipinski definition) is 9. The molecule has 0 bridgehead atoms. The van der Waals surface area contributed by atoms with Gasteiger partial charge in [-0.1, -0.05) is 49.9 Å². The average molecular weight is 706 g/mol. The lowest BCUT2D eigenvalue weighted by Gasteiger charge is -2.27. The molecule has 0 unspecified atom stereocenters. The van der Waals surface area contributed by atoms with Gasteiger partial charge in [0.25, 0.3) is 0 Å². The molecule has 16 nitrogen and oxygen atoms in total. The van der Waals surface area contributed by atoms with Gasteiger partial charge < -0.3 is 52.2 Å². The van der Waals surface area contributed by atoms with Crippen LogP contribution >= 0.6 is 11.8 Å². The molecule has 0 fully saturated rings. The van der Waals surface area contributed by atoms with E-state index in [0.717, 1.165) is 18.7 Å².